The zero-order valence-electron chi connectivity index (χ0n) is 17.3. The Morgan fingerprint density at radius 3 is 2.68 bits per heavy atom. The molecule has 2 aromatic heterocycles. The maximum atomic E-state index is 13.1. The molecule has 164 valence electrons. The number of aryl methyl sites for hydroxylation is 1. The number of benzene rings is 1. The van der Waals surface area contributed by atoms with Crippen LogP contribution in [0.25, 0.3) is 10.8 Å². The van der Waals surface area contributed by atoms with E-state index in [4.69, 9.17) is 9.15 Å². The van der Waals surface area contributed by atoms with Crippen molar-refractivity contribution in [3.63, 3.8) is 0 Å². The highest BCUT2D eigenvalue weighted by Gasteiger charge is 2.29. The first kappa shape index (κ1) is 21.7. The van der Waals surface area contributed by atoms with Crippen molar-refractivity contribution in [1.29, 1.82) is 0 Å². The first-order chi connectivity index (χ1) is 14.9. The van der Waals surface area contributed by atoms with Gasteiger partial charge in [-0.3, -0.25) is 0 Å². The molecule has 8 nitrogen and oxygen atoms in total. The number of hydrogen-bond acceptors (Lipinski definition) is 8. The smallest absolute Gasteiger partial charge is 0.338 e. The van der Waals surface area contributed by atoms with E-state index in [-0.39, 0.29) is 16.3 Å². The van der Waals surface area contributed by atoms with Crippen LogP contribution in [0.3, 0.4) is 0 Å². The second-order valence-electron chi connectivity index (χ2n) is 7.42. The molecule has 4 rings (SSSR count). The van der Waals surface area contributed by atoms with E-state index in [0.717, 1.165) is 24.1 Å². The summed E-state index contributed by atoms with van der Waals surface area (Å²) in [5.74, 6) is -0.123. The summed E-state index contributed by atoms with van der Waals surface area (Å²) in [6, 6.07) is 8.30. The summed E-state index contributed by atoms with van der Waals surface area (Å²) in [7, 11) is -3.67. The van der Waals surface area contributed by atoms with Gasteiger partial charge >= 0.3 is 5.97 Å². The maximum absolute atomic E-state index is 13.1. The number of aromatic nitrogens is 2. The molecule has 1 saturated heterocycles. The summed E-state index contributed by atoms with van der Waals surface area (Å²) in [6.45, 7) is 4.34. The Balaban J connectivity index is 1.52. The summed E-state index contributed by atoms with van der Waals surface area (Å²) < 4.78 is 38.7. The van der Waals surface area contributed by atoms with Gasteiger partial charge in [-0.15, -0.1) is 21.5 Å². The van der Waals surface area contributed by atoms with Crippen molar-refractivity contribution in [2.24, 2.45) is 0 Å². The predicted octanol–water partition coefficient (Wildman–Crippen LogP) is 4.20. The number of piperidine rings is 1. The molecule has 1 aromatic carbocycles. The SMILES string of the molecule is Cc1ccc(C(=O)OC(C)c2nnc(-c3cccs3)o2)cc1S(=O)(=O)N1CCCCC1. The minimum atomic E-state index is -3.67. The lowest BCUT2D eigenvalue weighted by molar-refractivity contribution is 0.0279. The van der Waals surface area contributed by atoms with Crippen molar-refractivity contribution < 1.29 is 22.4 Å². The van der Waals surface area contributed by atoms with Crippen molar-refractivity contribution in [1.82, 2.24) is 14.5 Å². The summed E-state index contributed by atoms with van der Waals surface area (Å²) in [4.78, 5) is 13.7. The van der Waals surface area contributed by atoms with Gasteiger partial charge in [-0.05, 0) is 55.8 Å². The zero-order chi connectivity index (χ0) is 22.0. The molecule has 1 aliphatic rings. The average molecular weight is 462 g/mol. The van der Waals surface area contributed by atoms with Crippen LogP contribution in [-0.4, -0.2) is 42.0 Å². The molecule has 31 heavy (non-hydrogen) atoms. The minimum absolute atomic E-state index is 0.134. The Morgan fingerprint density at radius 2 is 1.97 bits per heavy atom. The third-order valence-corrected chi connectivity index (χ3v) is 8.06. The van der Waals surface area contributed by atoms with Crippen molar-refractivity contribution >= 4 is 27.3 Å². The largest absolute Gasteiger partial charge is 0.449 e. The first-order valence-electron chi connectivity index (χ1n) is 10.1. The van der Waals surface area contributed by atoms with E-state index >= 15 is 0 Å². The van der Waals surface area contributed by atoms with Crippen LogP contribution in [0.4, 0.5) is 0 Å². The standard InChI is InChI=1S/C21H23N3O5S2/c1-14-8-9-16(13-18(14)31(26,27)24-10-4-3-5-11-24)21(25)28-15(2)19-22-23-20(29-19)17-7-6-12-30-17/h6-9,12-13,15H,3-5,10-11H2,1-2H3. The third kappa shape index (κ3) is 4.56. The van der Waals surface area contributed by atoms with Crippen LogP contribution in [0, 0.1) is 6.92 Å². The number of thiophene rings is 1. The molecule has 1 fully saturated rings. The van der Waals surface area contributed by atoms with Gasteiger partial charge in [0.15, 0.2) is 6.10 Å². The normalized spacial score (nSPS) is 16.2. The molecule has 1 aliphatic heterocycles. The lowest BCUT2D eigenvalue weighted by Gasteiger charge is -2.26. The third-order valence-electron chi connectivity index (χ3n) is 5.16. The Morgan fingerprint density at radius 1 is 1.19 bits per heavy atom. The first-order valence-corrected chi connectivity index (χ1v) is 12.4. The molecule has 0 N–H and O–H groups in total. The number of hydrogen-bond donors (Lipinski definition) is 0. The Labute approximate surface area is 184 Å². The molecule has 3 heterocycles. The molecule has 0 spiro atoms. The molecule has 1 atom stereocenters. The number of carbonyl (C=O) groups excluding carboxylic acids is 1. The molecule has 0 radical (unpaired) electrons. The van der Waals surface area contributed by atoms with Gasteiger partial charge in [0.1, 0.15) is 0 Å². The van der Waals surface area contributed by atoms with Crippen molar-refractivity contribution in [3.8, 4) is 10.8 Å². The molecule has 0 bridgehead atoms. The van der Waals surface area contributed by atoms with Gasteiger partial charge in [0.2, 0.25) is 10.0 Å². The van der Waals surface area contributed by atoms with Gasteiger partial charge in [0, 0.05) is 13.1 Å². The number of nitrogens with zero attached hydrogens (tertiary/aromatic N) is 3. The fraction of sp³-hybridized carbons (Fsp3) is 0.381. The summed E-state index contributed by atoms with van der Waals surface area (Å²) in [5.41, 5.74) is 0.749. The maximum Gasteiger partial charge on any atom is 0.338 e. The fourth-order valence-corrected chi connectivity index (χ4v) is 5.84. The van der Waals surface area contributed by atoms with Crippen LogP contribution >= 0.6 is 11.3 Å². The number of sulfonamides is 1. The van der Waals surface area contributed by atoms with E-state index in [2.05, 4.69) is 10.2 Å². The van der Waals surface area contributed by atoms with E-state index < -0.39 is 22.1 Å². The van der Waals surface area contributed by atoms with Crippen LogP contribution in [0.1, 0.15) is 54.1 Å². The molecule has 3 aromatic rings. The zero-order valence-corrected chi connectivity index (χ0v) is 18.9. The molecule has 10 heteroatoms. The second-order valence-corrected chi connectivity index (χ2v) is 10.3. The van der Waals surface area contributed by atoms with Crippen LogP contribution in [0.2, 0.25) is 0 Å². The summed E-state index contributed by atoms with van der Waals surface area (Å²) in [6.07, 6.45) is 1.93. The van der Waals surface area contributed by atoms with Gasteiger partial charge in [-0.1, -0.05) is 18.6 Å². The van der Waals surface area contributed by atoms with Gasteiger partial charge in [0.05, 0.1) is 15.3 Å². The lowest BCUT2D eigenvalue weighted by atomic mass is 10.1. The monoisotopic (exact) mass is 461 g/mol. The van der Waals surface area contributed by atoms with Gasteiger partial charge in [-0.2, -0.15) is 4.31 Å². The predicted molar refractivity (Wildman–Crippen MR) is 115 cm³/mol. The molecule has 0 saturated carbocycles. The van der Waals surface area contributed by atoms with Crippen LogP contribution in [0.15, 0.2) is 45.0 Å². The van der Waals surface area contributed by atoms with Gasteiger partial charge in [-0.25, -0.2) is 13.2 Å². The van der Waals surface area contributed by atoms with E-state index in [1.54, 1.807) is 26.0 Å². The quantitative estimate of drug-likeness (QED) is 0.507. The van der Waals surface area contributed by atoms with Crippen LogP contribution < -0.4 is 0 Å². The van der Waals surface area contributed by atoms with Gasteiger partial charge < -0.3 is 9.15 Å². The van der Waals surface area contributed by atoms with Crippen molar-refractivity contribution in [2.45, 2.75) is 44.1 Å². The minimum Gasteiger partial charge on any atom is -0.449 e. The van der Waals surface area contributed by atoms with E-state index in [1.165, 1.54) is 21.7 Å². The summed E-state index contributed by atoms with van der Waals surface area (Å²) in [5, 5.41) is 9.85. The van der Waals surface area contributed by atoms with E-state index in [1.807, 2.05) is 17.5 Å². The van der Waals surface area contributed by atoms with Crippen LogP contribution in [0.5, 0.6) is 0 Å². The van der Waals surface area contributed by atoms with Crippen molar-refractivity contribution in [2.75, 3.05) is 13.1 Å². The number of ether oxygens (including phenoxy) is 1. The topological polar surface area (TPSA) is 103 Å². The molecule has 0 aliphatic carbocycles. The molecule has 1 unspecified atom stereocenters. The molecule has 0 amide bonds. The number of esters is 1. The Kier molecular flexibility index (Phi) is 6.22. The molecular weight excluding hydrogens is 438 g/mol. The van der Waals surface area contributed by atoms with Crippen LogP contribution in [-0.2, 0) is 14.8 Å². The lowest BCUT2D eigenvalue weighted by Crippen LogP contribution is -2.36. The number of carbonyl (C=O) groups is 1. The number of rotatable bonds is 6. The average Bonchev–Trinajstić information content (AvgIpc) is 3.46. The summed E-state index contributed by atoms with van der Waals surface area (Å²) >= 11 is 1.46. The van der Waals surface area contributed by atoms with E-state index in [9.17, 15) is 13.2 Å². The second kappa shape index (κ2) is 8.89. The van der Waals surface area contributed by atoms with E-state index in [0.29, 0.717) is 24.5 Å². The fourth-order valence-electron chi connectivity index (χ4n) is 3.43. The molecular formula is C21H23N3O5S2. The van der Waals surface area contributed by atoms with Gasteiger partial charge in [0.25, 0.3) is 11.8 Å². The highest BCUT2D eigenvalue weighted by Crippen LogP contribution is 2.28. The Bertz CT molecular complexity index is 1170. The van der Waals surface area contributed by atoms with Crippen molar-refractivity contribution in [3.05, 3.63) is 52.7 Å². The highest BCUT2D eigenvalue weighted by atomic mass is 32.2. The Hall–Kier alpha value is -2.56. The highest BCUT2D eigenvalue weighted by molar-refractivity contribution is 7.89.